The van der Waals surface area contributed by atoms with Crippen molar-refractivity contribution in [1.82, 2.24) is 0 Å². The Morgan fingerprint density at radius 2 is 1.52 bits per heavy atom. The molecule has 1 fully saturated rings. The highest BCUT2D eigenvalue weighted by atomic mass is 35.5. The number of nitrogens with zero attached hydrogens (tertiary/aromatic N) is 1. The summed E-state index contributed by atoms with van der Waals surface area (Å²) in [5.41, 5.74) is 2.62. The normalized spacial score (nSPS) is 17.4. The minimum Gasteiger partial charge on any atom is -0.495 e. The SMILES string of the molecule is CCOC(C[C@@H](/C=C/C[C@H](CC1([C@@H](/C=C/C=C(\C)Cc2cc(OC)c(Cl)c(N(C)C(=O)OC)c2)OC)SCCCS1)O[Si](C)(C)C(C)(C)C)O[Si](C)(C)C(C)(C)C)OCC. The number of rotatable bonds is 23. The number of anilines is 1. The molecule has 0 bridgehead atoms. The summed E-state index contributed by atoms with van der Waals surface area (Å²) < 4.78 is 43.0. The van der Waals surface area contributed by atoms with Gasteiger partial charge < -0.3 is 32.5 Å². The second-order valence-corrected chi connectivity index (χ2v) is 31.6. The van der Waals surface area contributed by atoms with Crippen LogP contribution in [0, 0.1) is 0 Å². The van der Waals surface area contributed by atoms with Gasteiger partial charge in [-0.25, -0.2) is 4.79 Å². The molecule has 0 aliphatic carbocycles. The van der Waals surface area contributed by atoms with Gasteiger partial charge in [0.05, 0.1) is 42.3 Å². The van der Waals surface area contributed by atoms with E-state index in [2.05, 4.69) is 105 Å². The molecular formula is C46H80ClNO8S2Si2. The number of allylic oxidation sites excluding steroid dienone is 3. The minimum absolute atomic E-state index is 0.0242. The van der Waals surface area contributed by atoms with Crippen LogP contribution >= 0.6 is 35.1 Å². The van der Waals surface area contributed by atoms with Crippen LogP contribution in [0.25, 0.3) is 0 Å². The Kier molecular flexibility index (Phi) is 22.6. The molecular weight excluding hydrogens is 850 g/mol. The van der Waals surface area contributed by atoms with E-state index >= 15 is 0 Å². The summed E-state index contributed by atoms with van der Waals surface area (Å²) in [5, 5.41) is 0.472. The predicted molar refractivity (Wildman–Crippen MR) is 263 cm³/mol. The van der Waals surface area contributed by atoms with Crippen LogP contribution in [0.1, 0.15) is 93.6 Å². The summed E-state index contributed by atoms with van der Waals surface area (Å²) >= 11 is 10.6. The smallest absolute Gasteiger partial charge is 0.413 e. The van der Waals surface area contributed by atoms with Gasteiger partial charge in [0, 0.05) is 33.8 Å². The number of carbonyl (C=O) groups excluding carboxylic acids is 1. The van der Waals surface area contributed by atoms with Gasteiger partial charge in [-0.1, -0.05) is 89.1 Å². The van der Waals surface area contributed by atoms with Crippen LogP contribution in [0.15, 0.2) is 48.1 Å². The van der Waals surface area contributed by atoms with Crippen molar-refractivity contribution < 1.29 is 37.3 Å². The van der Waals surface area contributed by atoms with E-state index in [9.17, 15) is 4.79 Å². The van der Waals surface area contributed by atoms with E-state index < -0.39 is 22.7 Å². The van der Waals surface area contributed by atoms with Gasteiger partial charge in [-0.2, -0.15) is 0 Å². The van der Waals surface area contributed by atoms with E-state index in [-0.39, 0.29) is 38.8 Å². The van der Waals surface area contributed by atoms with Crippen molar-refractivity contribution in [3.63, 3.8) is 0 Å². The summed E-state index contributed by atoms with van der Waals surface area (Å²) in [6.07, 6.45) is 13.9. The molecule has 344 valence electrons. The Morgan fingerprint density at radius 1 is 0.933 bits per heavy atom. The standard InChI is InChI=1S/C46H80ClNO8S2Si2/c1-18-53-41(54-19-2)32-36(55-59(14,15)44(4,5)6)24-21-25-37(56-60(16,17)45(7,8)9)33-46(57-27-22-28-58-46)40(51-12)26-20-23-34(3)29-35-30-38(48(10)43(49)52-13)42(47)39(31-35)50-11/h20-21,23-24,26,30-31,36-37,40-41H,18-19,22,25,27-29,32-33H2,1-17H3/b24-21+,26-20+,34-23+/t36-,37-,40-/m1/s1. The lowest BCUT2D eigenvalue weighted by atomic mass is 10.0. The molecule has 0 N–H and O–H groups in total. The fourth-order valence-electron chi connectivity index (χ4n) is 6.40. The van der Waals surface area contributed by atoms with Crippen LogP contribution in [-0.2, 0) is 34.2 Å². The summed E-state index contributed by atoms with van der Waals surface area (Å²) in [7, 11) is 2.11. The molecule has 1 heterocycles. The molecule has 1 aliphatic heterocycles. The molecule has 1 aliphatic rings. The fraction of sp³-hybridized carbons (Fsp3) is 0.717. The molecule has 14 heteroatoms. The molecule has 60 heavy (non-hydrogen) atoms. The number of benzene rings is 1. The number of halogens is 1. The highest BCUT2D eigenvalue weighted by molar-refractivity contribution is 8.18. The number of methoxy groups -OCH3 is 3. The second kappa shape index (κ2) is 24.7. The van der Waals surface area contributed by atoms with E-state index in [1.165, 1.54) is 12.0 Å². The van der Waals surface area contributed by atoms with Gasteiger partial charge in [0.15, 0.2) is 22.9 Å². The number of hydrogen-bond donors (Lipinski definition) is 0. The molecule has 0 spiro atoms. The zero-order chi connectivity index (χ0) is 45.5. The lowest BCUT2D eigenvalue weighted by Gasteiger charge is -2.45. The van der Waals surface area contributed by atoms with Gasteiger partial charge >= 0.3 is 6.09 Å². The van der Waals surface area contributed by atoms with Crippen molar-refractivity contribution in [1.29, 1.82) is 0 Å². The summed E-state index contributed by atoms with van der Waals surface area (Å²) in [5.74, 6) is 2.63. The quantitative estimate of drug-likeness (QED) is 0.0458. The van der Waals surface area contributed by atoms with E-state index in [0.29, 0.717) is 42.5 Å². The first-order valence-electron chi connectivity index (χ1n) is 21.5. The van der Waals surface area contributed by atoms with Crippen molar-refractivity contribution in [2.24, 2.45) is 0 Å². The Labute approximate surface area is 380 Å². The van der Waals surface area contributed by atoms with Crippen LogP contribution in [0.5, 0.6) is 5.75 Å². The zero-order valence-corrected chi connectivity index (χ0v) is 44.5. The molecule has 0 saturated carbocycles. The van der Waals surface area contributed by atoms with Crippen molar-refractivity contribution >= 4 is 63.5 Å². The maximum Gasteiger partial charge on any atom is 0.413 e. The Bertz CT molecular complexity index is 1560. The van der Waals surface area contributed by atoms with E-state index in [1.54, 1.807) is 14.2 Å². The first kappa shape index (κ1) is 54.9. The van der Waals surface area contributed by atoms with Gasteiger partial charge in [-0.15, -0.1) is 23.5 Å². The highest BCUT2D eigenvalue weighted by Crippen LogP contribution is 2.51. The number of carbonyl (C=O) groups is 1. The van der Waals surface area contributed by atoms with Crippen molar-refractivity contribution in [2.75, 3.05) is 58.0 Å². The number of hydrogen-bond acceptors (Lipinski definition) is 10. The van der Waals surface area contributed by atoms with E-state index in [4.69, 9.17) is 44.1 Å². The number of amides is 1. The van der Waals surface area contributed by atoms with Crippen molar-refractivity contribution in [2.45, 2.75) is 159 Å². The molecule has 3 atom stereocenters. The van der Waals surface area contributed by atoms with Gasteiger partial charge in [0.2, 0.25) is 0 Å². The predicted octanol–water partition coefficient (Wildman–Crippen LogP) is 13.1. The average molecular weight is 931 g/mol. The average Bonchev–Trinajstić information content (AvgIpc) is 3.15. The largest absolute Gasteiger partial charge is 0.495 e. The molecule has 1 amide bonds. The Balaban J connectivity index is 2.50. The highest BCUT2D eigenvalue weighted by Gasteiger charge is 2.46. The maximum absolute atomic E-state index is 12.3. The van der Waals surface area contributed by atoms with Crippen LogP contribution < -0.4 is 9.64 Å². The molecule has 2 rings (SSSR count). The van der Waals surface area contributed by atoms with Gasteiger partial charge in [-0.05, 0) is 112 Å². The first-order valence-corrected chi connectivity index (χ1v) is 29.7. The monoisotopic (exact) mass is 929 g/mol. The first-order chi connectivity index (χ1) is 27.9. The molecule has 1 aromatic rings. The number of thioether (sulfide) groups is 2. The molecule has 1 saturated heterocycles. The zero-order valence-electron chi connectivity index (χ0n) is 40.1. The van der Waals surface area contributed by atoms with Crippen molar-refractivity contribution in [3.8, 4) is 5.75 Å². The third-order valence-electron chi connectivity index (χ3n) is 11.8. The third-order valence-corrected chi connectivity index (χ3v) is 24.7. The van der Waals surface area contributed by atoms with Crippen LogP contribution in [0.4, 0.5) is 10.5 Å². The Hall–Kier alpha value is -1.27. The minimum atomic E-state index is -2.16. The summed E-state index contributed by atoms with van der Waals surface area (Å²) in [6, 6.07) is 3.81. The van der Waals surface area contributed by atoms with Crippen molar-refractivity contribution in [3.05, 3.63) is 58.7 Å². The van der Waals surface area contributed by atoms with Gasteiger partial charge in [-0.3, -0.25) is 4.90 Å². The van der Waals surface area contributed by atoms with Gasteiger partial charge in [0.1, 0.15) is 10.8 Å². The van der Waals surface area contributed by atoms with Gasteiger partial charge in [0.25, 0.3) is 0 Å². The lowest BCUT2D eigenvalue weighted by molar-refractivity contribution is -0.148. The third kappa shape index (κ3) is 16.4. The van der Waals surface area contributed by atoms with Crippen LogP contribution in [0.3, 0.4) is 0 Å². The molecule has 0 radical (unpaired) electrons. The summed E-state index contributed by atoms with van der Waals surface area (Å²) in [4.78, 5) is 13.7. The maximum atomic E-state index is 12.3. The number of ether oxygens (including phenoxy) is 5. The summed E-state index contributed by atoms with van der Waals surface area (Å²) in [6.45, 7) is 30.4. The van der Waals surface area contributed by atoms with E-state index in [0.717, 1.165) is 41.9 Å². The fourth-order valence-corrected chi connectivity index (χ4v) is 12.9. The topological polar surface area (TPSA) is 84.9 Å². The van der Waals surface area contributed by atoms with Crippen LogP contribution in [0.2, 0.25) is 41.3 Å². The molecule has 0 aromatic heterocycles. The Morgan fingerprint density at radius 3 is 2.03 bits per heavy atom. The second-order valence-electron chi connectivity index (χ2n) is 18.6. The van der Waals surface area contributed by atoms with Crippen LogP contribution in [-0.4, -0.2) is 105 Å². The molecule has 0 unspecified atom stereocenters. The lowest BCUT2D eigenvalue weighted by Crippen LogP contribution is -2.48. The molecule has 9 nitrogen and oxygen atoms in total. The molecule has 1 aromatic carbocycles. The van der Waals surface area contributed by atoms with E-state index in [1.807, 2.05) is 56.6 Å².